The van der Waals surface area contributed by atoms with Crippen molar-refractivity contribution in [2.24, 2.45) is 0 Å². The van der Waals surface area contributed by atoms with E-state index >= 15 is 0 Å². The monoisotopic (exact) mass is 442 g/mol. The number of para-hydroxylation sites is 1. The molecule has 0 aliphatic heterocycles. The summed E-state index contributed by atoms with van der Waals surface area (Å²) >= 11 is 1.61. The minimum Gasteiger partial charge on any atom is -0.487 e. The number of fused-ring (bicyclic) bond motifs is 2. The SMILES string of the molecule is Cc1ccc2nc(COc3cccc(C(=O)N(C)Cc4nc5ccccc5s4)c3)cn2c1. The molecule has 0 aliphatic carbocycles. The fourth-order valence-corrected chi connectivity index (χ4v) is 4.60. The number of nitrogens with zero attached hydrogens (tertiary/aromatic N) is 4. The van der Waals surface area contributed by atoms with Crippen LogP contribution >= 0.6 is 11.3 Å². The van der Waals surface area contributed by atoms with E-state index in [1.807, 2.05) is 72.2 Å². The Bertz CT molecular complexity index is 1390. The Morgan fingerprint density at radius 2 is 1.94 bits per heavy atom. The Morgan fingerprint density at radius 1 is 1.06 bits per heavy atom. The Kier molecular flexibility index (Phi) is 5.33. The van der Waals surface area contributed by atoms with Gasteiger partial charge < -0.3 is 14.0 Å². The van der Waals surface area contributed by atoms with Crippen LogP contribution in [-0.2, 0) is 13.2 Å². The normalized spacial score (nSPS) is 11.2. The molecule has 5 aromatic rings. The summed E-state index contributed by atoms with van der Waals surface area (Å²) in [4.78, 5) is 23.9. The third-order valence-electron chi connectivity index (χ3n) is 5.17. The van der Waals surface area contributed by atoms with Crippen LogP contribution in [0.15, 0.2) is 73.1 Å². The van der Waals surface area contributed by atoms with E-state index in [4.69, 9.17) is 4.74 Å². The van der Waals surface area contributed by atoms with Crippen LogP contribution in [0.3, 0.4) is 0 Å². The summed E-state index contributed by atoms with van der Waals surface area (Å²) in [6.07, 6.45) is 4.00. The van der Waals surface area contributed by atoms with Crippen LogP contribution in [-0.4, -0.2) is 32.2 Å². The Morgan fingerprint density at radius 3 is 2.81 bits per heavy atom. The molecule has 2 aromatic carbocycles. The van der Waals surface area contributed by atoms with Crippen molar-refractivity contribution in [3.05, 3.63) is 94.9 Å². The molecule has 0 saturated carbocycles. The van der Waals surface area contributed by atoms with Gasteiger partial charge >= 0.3 is 0 Å². The number of carbonyl (C=O) groups is 1. The van der Waals surface area contributed by atoms with Gasteiger partial charge in [0, 0.05) is 25.0 Å². The second kappa shape index (κ2) is 8.43. The van der Waals surface area contributed by atoms with Crippen LogP contribution < -0.4 is 4.74 Å². The lowest BCUT2D eigenvalue weighted by Gasteiger charge is -2.16. The lowest BCUT2D eigenvalue weighted by molar-refractivity contribution is 0.0784. The predicted molar refractivity (Wildman–Crippen MR) is 126 cm³/mol. The van der Waals surface area contributed by atoms with Gasteiger partial charge in [0.15, 0.2) is 0 Å². The topological polar surface area (TPSA) is 59.7 Å². The van der Waals surface area contributed by atoms with E-state index in [-0.39, 0.29) is 5.91 Å². The predicted octanol–water partition coefficient (Wildman–Crippen LogP) is 5.10. The fourth-order valence-electron chi connectivity index (χ4n) is 3.58. The maximum Gasteiger partial charge on any atom is 0.254 e. The summed E-state index contributed by atoms with van der Waals surface area (Å²) in [5, 5.41) is 0.913. The third kappa shape index (κ3) is 4.20. The maximum absolute atomic E-state index is 13.0. The van der Waals surface area contributed by atoms with Crippen molar-refractivity contribution in [2.45, 2.75) is 20.1 Å². The van der Waals surface area contributed by atoms with Gasteiger partial charge in [0.25, 0.3) is 5.91 Å². The minimum atomic E-state index is -0.0714. The highest BCUT2D eigenvalue weighted by Gasteiger charge is 2.15. The average Bonchev–Trinajstić information content (AvgIpc) is 3.39. The molecule has 3 aromatic heterocycles. The molecule has 0 saturated heterocycles. The van der Waals surface area contributed by atoms with Gasteiger partial charge in [-0.25, -0.2) is 9.97 Å². The zero-order chi connectivity index (χ0) is 22.1. The molecule has 1 amide bonds. The molecule has 3 heterocycles. The Balaban J connectivity index is 1.26. The first-order valence-corrected chi connectivity index (χ1v) is 11.1. The van der Waals surface area contributed by atoms with Gasteiger partial charge in [-0.1, -0.05) is 24.3 Å². The molecule has 0 aliphatic rings. The quantitative estimate of drug-likeness (QED) is 0.367. The molecule has 7 heteroatoms. The number of hydrogen-bond acceptors (Lipinski definition) is 5. The average molecular weight is 443 g/mol. The van der Waals surface area contributed by atoms with E-state index in [0.29, 0.717) is 24.5 Å². The number of thiazole rings is 1. The second-order valence-electron chi connectivity index (χ2n) is 7.76. The molecule has 0 spiro atoms. The van der Waals surface area contributed by atoms with Gasteiger partial charge in [0.1, 0.15) is 23.0 Å². The Hall–Kier alpha value is -3.71. The third-order valence-corrected chi connectivity index (χ3v) is 6.19. The number of amides is 1. The van der Waals surface area contributed by atoms with Crippen LogP contribution in [0.4, 0.5) is 0 Å². The van der Waals surface area contributed by atoms with E-state index in [1.165, 1.54) is 5.56 Å². The van der Waals surface area contributed by atoms with Gasteiger partial charge in [-0.3, -0.25) is 4.79 Å². The number of rotatable bonds is 6. The van der Waals surface area contributed by atoms with Crippen LogP contribution in [0.25, 0.3) is 15.9 Å². The lowest BCUT2D eigenvalue weighted by Crippen LogP contribution is -2.26. The number of benzene rings is 2. The van der Waals surface area contributed by atoms with Crippen molar-refractivity contribution in [1.29, 1.82) is 0 Å². The fraction of sp³-hybridized carbons (Fsp3) is 0.160. The maximum atomic E-state index is 13.0. The standard InChI is InChI=1S/C25H22N4O2S/c1-17-10-11-23-26-19(14-29(23)13-17)16-31-20-7-5-6-18(12-20)25(30)28(2)15-24-27-21-8-3-4-9-22(21)32-24/h3-14H,15-16H2,1-2H3. The summed E-state index contributed by atoms with van der Waals surface area (Å²) < 4.78 is 9.04. The van der Waals surface area contributed by atoms with Crippen molar-refractivity contribution in [1.82, 2.24) is 19.3 Å². The molecule has 5 rings (SSSR count). The zero-order valence-corrected chi connectivity index (χ0v) is 18.7. The summed E-state index contributed by atoms with van der Waals surface area (Å²) in [5.41, 5.74) is 4.43. The highest BCUT2D eigenvalue weighted by Crippen LogP contribution is 2.23. The number of aryl methyl sites for hydroxylation is 1. The van der Waals surface area contributed by atoms with Crippen LogP contribution in [0.5, 0.6) is 5.75 Å². The number of pyridine rings is 1. The first-order chi connectivity index (χ1) is 15.5. The zero-order valence-electron chi connectivity index (χ0n) is 17.9. The number of ether oxygens (including phenoxy) is 1. The molecule has 6 nitrogen and oxygen atoms in total. The first-order valence-electron chi connectivity index (χ1n) is 10.3. The number of aromatic nitrogens is 3. The molecule has 32 heavy (non-hydrogen) atoms. The first kappa shape index (κ1) is 20.2. The van der Waals surface area contributed by atoms with Gasteiger partial charge in [-0.15, -0.1) is 11.3 Å². The molecule has 0 unspecified atom stereocenters. The Labute approximate surface area is 189 Å². The molecular formula is C25H22N4O2S. The second-order valence-corrected chi connectivity index (χ2v) is 8.87. The minimum absolute atomic E-state index is 0.0714. The molecule has 0 radical (unpaired) electrons. The summed E-state index contributed by atoms with van der Waals surface area (Å²) in [7, 11) is 1.79. The van der Waals surface area contributed by atoms with E-state index in [0.717, 1.165) is 26.6 Å². The van der Waals surface area contributed by atoms with Crippen molar-refractivity contribution in [2.75, 3.05) is 7.05 Å². The molecular weight excluding hydrogens is 420 g/mol. The van der Waals surface area contributed by atoms with E-state index < -0.39 is 0 Å². The van der Waals surface area contributed by atoms with Crippen LogP contribution in [0.1, 0.15) is 26.6 Å². The summed E-state index contributed by atoms with van der Waals surface area (Å²) in [6.45, 7) is 2.84. The molecule has 0 fully saturated rings. The van der Waals surface area contributed by atoms with Gasteiger partial charge in [-0.2, -0.15) is 0 Å². The summed E-state index contributed by atoms with van der Waals surface area (Å²) in [5.74, 6) is 0.565. The number of carbonyl (C=O) groups excluding carboxylic acids is 1. The van der Waals surface area contributed by atoms with Crippen molar-refractivity contribution in [3.8, 4) is 5.75 Å². The number of imidazole rings is 1. The largest absolute Gasteiger partial charge is 0.487 e. The molecule has 0 atom stereocenters. The van der Waals surface area contributed by atoms with Gasteiger partial charge in [-0.05, 0) is 48.9 Å². The van der Waals surface area contributed by atoms with E-state index in [9.17, 15) is 4.79 Å². The van der Waals surface area contributed by atoms with E-state index in [2.05, 4.69) is 9.97 Å². The van der Waals surface area contributed by atoms with Crippen molar-refractivity contribution >= 4 is 33.1 Å². The van der Waals surface area contributed by atoms with E-state index in [1.54, 1.807) is 35.4 Å². The van der Waals surface area contributed by atoms with Gasteiger partial charge in [0.2, 0.25) is 0 Å². The highest BCUT2D eigenvalue weighted by atomic mass is 32.1. The molecule has 160 valence electrons. The summed E-state index contributed by atoms with van der Waals surface area (Å²) in [6, 6.07) is 19.3. The highest BCUT2D eigenvalue weighted by molar-refractivity contribution is 7.18. The number of hydrogen-bond donors (Lipinski definition) is 0. The molecule has 0 bridgehead atoms. The van der Waals surface area contributed by atoms with Crippen molar-refractivity contribution < 1.29 is 9.53 Å². The smallest absolute Gasteiger partial charge is 0.254 e. The van der Waals surface area contributed by atoms with Crippen molar-refractivity contribution in [3.63, 3.8) is 0 Å². The molecule has 0 N–H and O–H groups in total. The lowest BCUT2D eigenvalue weighted by atomic mass is 10.2. The van der Waals surface area contributed by atoms with Crippen LogP contribution in [0, 0.1) is 6.92 Å². The van der Waals surface area contributed by atoms with Crippen LogP contribution in [0.2, 0.25) is 0 Å². The van der Waals surface area contributed by atoms with Gasteiger partial charge in [0.05, 0.1) is 22.5 Å².